The number of nitrogens with zero attached hydrogens (tertiary/aromatic N) is 1. The SMILES string of the molecule is N#Cc1csc2c1CCS(=O)(=O)C2. The van der Waals surface area contributed by atoms with Crippen molar-refractivity contribution in [1.29, 1.82) is 5.26 Å². The van der Waals surface area contributed by atoms with Gasteiger partial charge in [0.2, 0.25) is 0 Å². The lowest BCUT2D eigenvalue weighted by Crippen LogP contribution is -2.17. The van der Waals surface area contributed by atoms with Crippen LogP contribution >= 0.6 is 11.3 Å². The normalized spacial score (nSPS) is 19.0. The van der Waals surface area contributed by atoms with Crippen molar-refractivity contribution in [3.63, 3.8) is 0 Å². The van der Waals surface area contributed by atoms with Crippen LogP contribution in [0.4, 0.5) is 0 Å². The van der Waals surface area contributed by atoms with E-state index in [0.29, 0.717) is 12.0 Å². The number of thiophene rings is 1. The van der Waals surface area contributed by atoms with Crippen molar-refractivity contribution < 1.29 is 8.42 Å². The first-order valence-electron chi connectivity index (χ1n) is 3.82. The van der Waals surface area contributed by atoms with Gasteiger partial charge < -0.3 is 0 Å². The lowest BCUT2D eigenvalue weighted by molar-refractivity contribution is 0.592. The maximum Gasteiger partial charge on any atom is 0.155 e. The van der Waals surface area contributed by atoms with Crippen LogP contribution in [-0.4, -0.2) is 14.2 Å². The molecule has 2 heterocycles. The van der Waals surface area contributed by atoms with Crippen molar-refractivity contribution in [3.05, 3.63) is 21.4 Å². The van der Waals surface area contributed by atoms with E-state index in [2.05, 4.69) is 6.07 Å². The Kier molecular flexibility index (Phi) is 1.90. The molecule has 0 N–H and O–H groups in total. The summed E-state index contributed by atoms with van der Waals surface area (Å²) >= 11 is 1.38. The topological polar surface area (TPSA) is 57.9 Å². The zero-order valence-corrected chi connectivity index (χ0v) is 8.41. The van der Waals surface area contributed by atoms with E-state index in [1.54, 1.807) is 5.38 Å². The molecule has 3 nitrogen and oxygen atoms in total. The summed E-state index contributed by atoms with van der Waals surface area (Å²) in [5.41, 5.74) is 1.59. The van der Waals surface area contributed by atoms with E-state index >= 15 is 0 Å². The fourth-order valence-electron chi connectivity index (χ4n) is 1.44. The predicted molar refractivity (Wildman–Crippen MR) is 50.2 cm³/mol. The Morgan fingerprint density at radius 3 is 3.00 bits per heavy atom. The summed E-state index contributed by atoms with van der Waals surface area (Å²) in [6.45, 7) is 0. The van der Waals surface area contributed by atoms with E-state index in [-0.39, 0.29) is 11.5 Å². The molecule has 0 amide bonds. The third-order valence-electron chi connectivity index (χ3n) is 2.12. The lowest BCUT2D eigenvalue weighted by Gasteiger charge is -2.11. The Morgan fingerprint density at radius 1 is 1.54 bits per heavy atom. The Bertz CT molecular complexity index is 479. The van der Waals surface area contributed by atoms with Crippen LogP contribution in [-0.2, 0) is 22.0 Å². The zero-order chi connectivity index (χ0) is 9.47. The van der Waals surface area contributed by atoms with E-state index in [1.165, 1.54) is 11.3 Å². The number of fused-ring (bicyclic) bond motifs is 1. The number of nitriles is 1. The van der Waals surface area contributed by atoms with Crippen molar-refractivity contribution in [2.75, 3.05) is 5.75 Å². The van der Waals surface area contributed by atoms with Crippen LogP contribution < -0.4 is 0 Å². The van der Waals surface area contributed by atoms with Gasteiger partial charge in [-0.3, -0.25) is 0 Å². The molecule has 13 heavy (non-hydrogen) atoms. The smallest absolute Gasteiger partial charge is 0.155 e. The summed E-state index contributed by atoms with van der Waals surface area (Å²) in [5, 5.41) is 10.5. The summed E-state index contributed by atoms with van der Waals surface area (Å²) < 4.78 is 22.5. The van der Waals surface area contributed by atoms with Crippen molar-refractivity contribution in [2.45, 2.75) is 12.2 Å². The van der Waals surface area contributed by atoms with Gasteiger partial charge in [-0.05, 0) is 12.0 Å². The maximum atomic E-state index is 11.2. The van der Waals surface area contributed by atoms with Gasteiger partial charge >= 0.3 is 0 Å². The van der Waals surface area contributed by atoms with Gasteiger partial charge in [-0.15, -0.1) is 11.3 Å². The lowest BCUT2D eigenvalue weighted by atomic mass is 10.1. The van der Waals surface area contributed by atoms with Gasteiger partial charge in [-0.1, -0.05) is 0 Å². The Morgan fingerprint density at radius 2 is 2.31 bits per heavy atom. The second-order valence-electron chi connectivity index (χ2n) is 3.00. The molecular formula is C8H7NO2S2. The fraction of sp³-hybridized carbons (Fsp3) is 0.375. The van der Waals surface area contributed by atoms with Crippen LogP contribution in [0.5, 0.6) is 0 Å². The molecule has 5 heteroatoms. The summed E-state index contributed by atoms with van der Waals surface area (Å²) in [6.07, 6.45) is 0.504. The first kappa shape index (κ1) is 8.73. The monoisotopic (exact) mass is 213 g/mol. The minimum atomic E-state index is -2.89. The van der Waals surface area contributed by atoms with Crippen molar-refractivity contribution in [1.82, 2.24) is 0 Å². The van der Waals surface area contributed by atoms with Crippen LogP contribution in [0.25, 0.3) is 0 Å². The van der Waals surface area contributed by atoms with Gasteiger partial charge in [-0.25, -0.2) is 8.42 Å². The molecule has 0 saturated carbocycles. The Labute approximate surface area is 80.5 Å². The number of hydrogen-bond acceptors (Lipinski definition) is 4. The Balaban J connectivity index is 2.51. The van der Waals surface area contributed by atoms with Crippen LogP contribution in [0.3, 0.4) is 0 Å². The summed E-state index contributed by atoms with van der Waals surface area (Å²) in [5.74, 6) is 0.306. The van der Waals surface area contributed by atoms with Crippen LogP contribution in [0, 0.1) is 11.3 Å². The quantitative estimate of drug-likeness (QED) is 0.648. The summed E-state index contributed by atoms with van der Waals surface area (Å²) in [6, 6.07) is 2.08. The van der Waals surface area contributed by atoms with E-state index in [9.17, 15) is 8.42 Å². The molecule has 0 unspecified atom stereocenters. The molecular weight excluding hydrogens is 206 g/mol. The maximum absolute atomic E-state index is 11.2. The molecule has 0 radical (unpaired) electrons. The molecule has 68 valence electrons. The molecule has 0 aliphatic carbocycles. The molecule has 1 aromatic heterocycles. The van der Waals surface area contributed by atoms with E-state index in [1.807, 2.05) is 0 Å². The van der Waals surface area contributed by atoms with Crippen LogP contribution in [0.2, 0.25) is 0 Å². The first-order valence-corrected chi connectivity index (χ1v) is 6.52. The highest BCUT2D eigenvalue weighted by atomic mass is 32.2. The predicted octanol–water partition coefficient (Wildman–Crippen LogP) is 1.09. The van der Waals surface area contributed by atoms with E-state index in [0.717, 1.165) is 10.4 Å². The van der Waals surface area contributed by atoms with Gasteiger partial charge in [0.05, 0.1) is 17.1 Å². The van der Waals surface area contributed by atoms with Crippen molar-refractivity contribution in [3.8, 4) is 6.07 Å². The van der Waals surface area contributed by atoms with Crippen LogP contribution in [0.15, 0.2) is 5.38 Å². The summed E-state index contributed by atoms with van der Waals surface area (Å²) in [7, 11) is -2.89. The van der Waals surface area contributed by atoms with Gasteiger partial charge in [0.1, 0.15) is 6.07 Å². The molecule has 0 spiro atoms. The van der Waals surface area contributed by atoms with Crippen LogP contribution in [0.1, 0.15) is 16.0 Å². The average Bonchev–Trinajstić information content (AvgIpc) is 2.44. The third-order valence-corrected chi connectivity index (χ3v) is 4.88. The minimum Gasteiger partial charge on any atom is -0.228 e. The highest BCUT2D eigenvalue weighted by Gasteiger charge is 2.24. The number of rotatable bonds is 0. The minimum absolute atomic E-state index is 0.120. The number of sulfone groups is 1. The molecule has 2 rings (SSSR count). The molecule has 1 aromatic rings. The molecule has 0 fully saturated rings. The van der Waals surface area contributed by atoms with Gasteiger partial charge in [0.25, 0.3) is 0 Å². The molecule has 0 atom stereocenters. The zero-order valence-electron chi connectivity index (χ0n) is 6.78. The molecule has 1 aliphatic rings. The van der Waals surface area contributed by atoms with Gasteiger partial charge in [0, 0.05) is 10.3 Å². The standard InChI is InChI=1S/C8H7NO2S2/c9-3-6-4-12-8-5-13(10,11)2-1-7(6)8/h4H,1-2,5H2. The second kappa shape index (κ2) is 2.82. The van der Waals surface area contributed by atoms with E-state index in [4.69, 9.17) is 5.26 Å². The largest absolute Gasteiger partial charge is 0.228 e. The van der Waals surface area contributed by atoms with Crippen molar-refractivity contribution in [2.24, 2.45) is 0 Å². The summed E-state index contributed by atoms with van der Waals surface area (Å²) in [4.78, 5) is 0.850. The highest BCUT2D eigenvalue weighted by molar-refractivity contribution is 7.90. The first-order chi connectivity index (χ1) is 6.12. The van der Waals surface area contributed by atoms with Crippen molar-refractivity contribution >= 4 is 21.2 Å². The highest BCUT2D eigenvalue weighted by Crippen LogP contribution is 2.29. The average molecular weight is 213 g/mol. The third kappa shape index (κ3) is 1.47. The Hall–Kier alpha value is -0.860. The van der Waals surface area contributed by atoms with Gasteiger partial charge in [0.15, 0.2) is 9.84 Å². The van der Waals surface area contributed by atoms with Gasteiger partial charge in [-0.2, -0.15) is 5.26 Å². The second-order valence-corrected chi connectivity index (χ2v) is 6.15. The molecule has 0 bridgehead atoms. The molecule has 0 saturated heterocycles. The fourth-order valence-corrected chi connectivity index (χ4v) is 4.29. The number of hydrogen-bond donors (Lipinski definition) is 0. The molecule has 0 aromatic carbocycles. The molecule has 1 aliphatic heterocycles. The van der Waals surface area contributed by atoms with E-state index < -0.39 is 9.84 Å².